The number of imidazole rings is 2. The second-order valence-corrected chi connectivity index (χ2v) is 10.7. The second-order valence-electron chi connectivity index (χ2n) is 10.7. The monoisotopic (exact) mass is 508 g/mol. The smallest absolute Gasteiger partial charge is 0.137 e. The van der Waals surface area contributed by atoms with Gasteiger partial charge in [0.05, 0.1) is 0 Å². The zero-order valence-electron chi connectivity index (χ0n) is 23.4. The first-order chi connectivity index (χ1) is 18.3. The van der Waals surface area contributed by atoms with E-state index in [0.717, 1.165) is 58.4 Å². The average molecular weight is 509 g/mol. The van der Waals surface area contributed by atoms with Gasteiger partial charge in [-0.05, 0) is 49.9 Å². The van der Waals surface area contributed by atoms with Crippen LogP contribution in [0.3, 0.4) is 0 Å². The number of hydrogen-bond donors (Lipinski definition) is 4. The summed E-state index contributed by atoms with van der Waals surface area (Å²) in [5.74, 6) is 9.47. The summed E-state index contributed by atoms with van der Waals surface area (Å²) in [6.07, 6.45) is 3.81. The van der Waals surface area contributed by atoms with Crippen molar-refractivity contribution in [2.75, 3.05) is 0 Å². The molecule has 1 unspecified atom stereocenters. The van der Waals surface area contributed by atoms with E-state index in [0.29, 0.717) is 23.9 Å². The number of rotatable bonds is 10. The van der Waals surface area contributed by atoms with Gasteiger partial charge in [0, 0.05) is 71.2 Å². The maximum atomic E-state index is 4.55. The minimum absolute atomic E-state index is 0.458. The van der Waals surface area contributed by atoms with Crippen molar-refractivity contribution in [3.8, 4) is 34.6 Å². The fourth-order valence-electron chi connectivity index (χ4n) is 3.77. The van der Waals surface area contributed by atoms with Crippen LogP contribution < -0.4 is 10.6 Å². The summed E-state index contributed by atoms with van der Waals surface area (Å²) in [6.45, 7) is 14.9. The van der Waals surface area contributed by atoms with Crippen molar-refractivity contribution in [2.24, 2.45) is 11.8 Å². The first kappa shape index (κ1) is 27.4. The van der Waals surface area contributed by atoms with Gasteiger partial charge in [-0.2, -0.15) is 0 Å². The van der Waals surface area contributed by atoms with E-state index in [-0.39, 0.29) is 0 Å². The average Bonchev–Trinajstić information content (AvgIpc) is 3.60. The number of aromatic amines is 2. The summed E-state index contributed by atoms with van der Waals surface area (Å²) in [5.41, 5.74) is 6.21. The normalized spacial score (nSPS) is 12.9. The summed E-state index contributed by atoms with van der Waals surface area (Å²) in [7, 11) is 0. The summed E-state index contributed by atoms with van der Waals surface area (Å²) in [5, 5.41) is 7.07. The van der Waals surface area contributed by atoms with Crippen molar-refractivity contribution in [3.05, 3.63) is 83.4 Å². The molecule has 6 heteroatoms. The van der Waals surface area contributed by atoms with E-state index in [2.05, 4.69) is 108 Å². The van der Waals surface area contributed by atoms with Crippen LogP contribution in [-0.4, -0.2) is 32.0 Å². The minimum atomic E-state index is 0.458. The van der Waals surface area contributed by atoms with E-state index in [1.807, 2.05) is 36.7 Å². The Balaban J connectivity index is 1.33. The molecular weight excluding hydrogens is 468 g/mol. The topological polar surface area (TPSA) is 81.4 Å². The zero-order chi connectivity index (χ0) is 27.1. The molecule has 0 radical (unpaired) electrons. The third-order valence-corrected chi connectivity index (χ3v) is 7.15. The Hall–Kier alpha value is -3.66. The fraction of sp³-hybridized carbons (Fsp3) is 0.375. The lowest BCUT2D eigenvalue weighted by Crippen LogP contribution is -2.30. The largest absolute Gasteiger partial charge is 0.341 e. The van der Waals surface area contributed by atoms with Gasteiger partial charge in [-0.1, -0.05) is 63.8 Å². The van der Waals surface area contributed by atoms with Crippen molar-refractivity contribution in [1.29, 1.82) is 0 Å². The summed E-state index contributed by atoms with van der Waals surface area (Å²) < 4.78 is 0. The van der Waals surface area contributed by atoms with Gasteiger partial charge in [-0.15, -0.1) is 0 Å². The van der Waals surface area contributed by atoms with Gasteiger partial charge in [0.1, 0.15) is 11.6 Å². The minimum Gasteiger partial charge on any atom is -0.341 e. The van der Waals surface area contributed by atoms with Crippen LogP contribution in [0.5, 0.6) is 0 Å². The molecule has 6 nitrogen and oxygen atoms in total. The molecule has 4 rings (SSSR count). The van der Waals surface area contributed by atoms with E-state index in [9.17, 15) is 0 Å². The Morgan fingerprint density at radius 3 is 1.32 bits per heavy atom. The van der Waals surface area contributed by atoms with Gasteiger partial charge in [0.2, 0.25) is 0 Å². The predicted molar refractivity (Wildman–Crippen MR) is 156 cm³/mol. The highest BCUT2D eigenvalue weighted by atomic mass is 15.0. The molecule has 0 aliphatic carbocycles. The van der Waals surface area contributed by atoms with Crippen molar-refractivity contribution >= 4 is 0 Å². The van der Waals surface area contributed by atoms with Crippen molar-refractivity contribution in [2.45, 2.75) is 66.7 Å². The molecule has 0 spiro atoms. The predicted octanol–water partition coefficient (Wildman–Crippen LogP) is 6.13. The lowest BCUT2D eigenvalue weighted by molar-refractivity contribution is 0.424. The third-order valence-electron chi connectivity index (χ3n) is 7.15. The van der Waals surface area contributed by atoms with Crippen molar-refractivity contribution < 1.29 is 0 Å². The number of aromatic nitrogens is 4. The van der Waals surface area contributed by atoms with Gasteiger partial charge < -0.3 is 20.6 Å². The second kappa shape index (κ2) is 12.7. The van der Waals surface area contributed by atoms with Gasteiger partial charge >= 0.3 is 0 Å². The van der Waals surface area contributed by atoms with E-state index in [1.165, 1.54) is 0 Å². The molecule has 0 bridgehead atoms. The molecule has 2 aromatic heterocycles. The van der Waals surface area contributed by atoms with Crippen molar-refractivity contribution in [3.63, 3.8) is 0 Å². The number of nitrogens with zero attached hydrogens (tertiary/aromatic N) is 2. The molecule has 0 amide bonds. The molecule has 0 aliphatic rings. The van der Waals surface area contributed by atoms with Gasteiger partial charge in [0.15, 0.2) is 0 Å². The highest BCUT2D eigenvalue weighted by Gasteiger charge is 2.09. The van der Waals surface area contributed by atoms with Crippen LogP contribution >= 0.6 is 0 Å². The summed E-state index contributed by atoms with van der Waals surface area (Å²) in [6, 6.07) is 17.3. The Bertz CT molecular complexity index is 1250. The molecule has 38 heavy (non-hydrogen) atoms. The molecule has 4 N–H and O–H groups in total. The zero-order valence-corrected chi connectivity index (χ0v) is 23.4. The van der Waals surface area contributed by atoms with Crippen molar-refractivity contribution in [1.82, 2.24) is 30.6 Å². The number of hydrogen-bond acceptors (Lipinski definition) is 4. The molecule has 0 saturated heterocycles. The molecule has 0 aliphatic heterocycles. The molecule has 2 atom stereocenters. The van der Waals surface area contributed by atoms with Crippen LogP contribution in [0.4, 0.5) is 0 Å². The van der Waals surface area contributed by atoms with E-state index in [1.54, 1.807) is 0 Å². The maximum Gasteiger partial charge on any atom is 0.137 e. The van der Waals surface area contributed by atoms with Crippen LogP contribution in [0.1, 0.15) is 64.1 Å². The maximum absolute atomic E-state index is 4.55. The number of H-pyrrole nitrogens is 2. The molecule has 198 valence electrons. The van der Waals surface area contributed by atoms with Gasteiger partial charge in [-0.25, -0.2) is 9.97 Å². The molecular formula is C32H40N6. The first-order valence-electron chi connectivity index (χ1n) is 13.6. The molecule has 4 aromatic rings. The van der Waals surface area contributed by atoms with Crippen LogP contribution in [0.15, 0.2) is 60.9 Å². The lowest BCUT2D eigenvalue weighted by atomic mass is 10.1. The van der Waals surface area contributed by atoms with Crippen LogP contribution in [0.25, 0.3) is 22.8 Å². The quantitative estimate of drug-likeness (QED) is 0.194. The Kier molecular flexibility index (Phi) is 9.17. The SMILES string of the molecule is CC(C)C(C)NCc1cnc(-c2ccc(C#Cc3ccc(-c4ncc(CN[C@H](C)C(C)C)[nH]4)cc3)cc2)[nH]1. The van der Waals surface area contributed by atoms with Gasteiger partial charge in [0.25, 0.3) is 0 Å². The summed E-state index contributed by atoms with van der Waals surface area (Å²) >= 11 is 0. The number of benzene rings is 2. The molecule has 0 saturated carbocycles. The lowest BCUT2D eigenvalue weighted by Gasteiger charge is -2.16. The standard InChI is InChI=1S/C32H40N6/c1-21(2)23(5)33-17-29-19-35-31(37-29)27-13-9-25(10-14-27)7-8-26-11-15-28(16-12-26)32-36-20-30(38-32)18-34-24(6)22(3)4/h9-16,19-24,33-34H,17-18H2,1-6H3,(H,35,37)(H,36,38)/t23-,24?/m1/s1. The summed E-state index contributed by atoms with van der Waals surface area (Å²) in [4.78, 5) is 15.9. The molecule has 2 heterocycles. The molecule has 2 aromatic carbocycles. The molecule has 0 fully saturated rings. The Labute approximate surface area is 227 Å². The van der Waals surface area contributed by atoms with E-state index in [4.69, 9.17) is 0 Å². The Morgan fingerprint density at radius 2 is 0.974 bits per heavy atom. The third kappa shape index (κ3) is 7.44. The highest BCUT2D eigenvalue weighted by molar-refractivity contribution is 5.59. The number of nitrogens with one attached hydrogen (secondary N) is 4. The van der Waals surface area contributed by atoms with Crippen LogP contribution in [-0.2, 0) is 13.1 Å². The first-order valence-corrected chi connectivity index (χ1v) is 13.6. The van der Waals surface area contributed by atoms with Crippen LogP contribution in [0.2, 0.25) is 0 Å². The van der Waals surface area contributed by atoms with E-state index >= 15 is 0 Å². The fourth-order valence-corrected chi connectivity index (χ4v) is 3.77. The van der Waals surface area contributed by atoms with Crippen LogP contribution in [0, 0.1) is 23.7 Å². The van der Waals surface area contributed by atoms with Gasteiger partial charge in [-0.3, -0.25) is 0 Å². The van der Waals surface area contributed by atoms with E-state index < -0.39 is 0 Å². The highest BCUT2D eigenvalue weighted by Crippen LogP contribution is 2.18. The Morgan fingerprint density at radius 1 is 0.605 bits per heavy atom.